The molecule has 0 bridgehead atoms. The molecule has 0 spiro atoms. The minimum absolute atomic E-state index is 0.128. The predicted octanol–water partition coefficient (Wildman–Crippen LogP) is 6.89. The van der Waals surface area contributed by atoms with E-state index in [2.05, 4.69) is 5.32 Å². The Bertz CT molecular complexity index is 1400. The summed E-state index contributed by atoms with van der Waals surface area (Å²) in [7, 11) is 0. The molecule has 8 heteroatoms. The molecule has 0 aliphatic heterocycles. The predicted molar refractivity (Wildman–Crippen MR) is 150 cm³/mol. The van der Waals surface area contributed by atoms with Crippen molar-refractivity contribution in [2.45, 2.75) is 20.8 Å². The Morgan fingerprint density at radius 3 is 2.30 bits per heavy atom. The lowest BCUT2D eigenvalue weighted by Gasteiger charge is -2.24. The summed E-state index contributed by atoms with van der Waals surface area (Å²) in [5.74, 6) is 0.0443. The van der Waals surface area contributed by atoms with E-state index < -0.39 is 0 Å². The molecular formula is C29H28Cl2N4O2. The highest BCUT2D eigenvalue weighted by atomic mass is 35.5. The van der Waals surface area contributed by atoms with Crippen molar-refractivity contribution in [1.29, 1.82) is 0 Å². The third-order valence-corrected chi connectivity index (χ3v) is 6.44. The zero-order valence-corrected chi connectivity index (χ0v) is 22.4. The van der Waals surface area contributed by atoms with Crippen LogP contribution in [0.4, 0.5) is 5.82 Å². The van der Waals surface area contributed by atoms with Crippen LogP contribution in [0, 0.1) is 12.8 Å². The van der Waals surface area contributed by atoms with Gasteiger partial charge < -0.3 is 10.2 Å². The molecule has 190 valence electrons. The van der Waals surface area contributed by atoms with Gasteiger partial charge in [-0.1, -0.05) is 85.1 Å². The average molecular weight is 535 g/mol. The number of aryl methyl sites for hydroxylation is 1. The fourth-order valence-corrected chi connectivity index (χ4v) is 4.23. The minimum Gasteiger partial charge on any atom is -0.329 e. The second kappa shape index (κ2) is 11.6. The summed E-state index contributed by atoms with van der Waals surface area (Å²) in [5.41, 5.74) is 3.96. The molecule has 0 unspecified atom stereocenters. The van der Waals surface area contributed by atoms with Gasteiger partial charge in [0, 0.05) is 23.7 Å². The number of nitrogens with zero attached hydrogens (tertiary/aromatic N) is 3. The second-order valence-electron chi connectivity index (χ2n) is 9.28. The van der Waals surface area contributed by atoms with Gasteiger partial charge in [0.15, 0.2) is 0 Å². The third kappa shape index (κ3) is 6.59. The van der Waals surface area contributed by atoms with Crippen molar-refractivity contribution in [3.05, 3.63) is 100 Å². The summed E-state index contributed by atoms with van der Waals surface area (Å²) in [6, 6.07) is 24.2. The van der Waals surface area contributed by atoms with Crippen LogP contribution in [0.15, 0.2) is 78.9 Å². The zero-order chi connectivity index (χ0) is 26.5. The number of halogens is 2. The van der Waals surface area contributed by atoms with E-state index in [9.17, 15) is 9.59 Å². The van der Waals surface area contributed by atoms with Gasteiger partial charge in [0.1, 0.15) is 12.4 Å². The Morgan fingerprint density at radius 1 is 0.946 bits per heavy atom. The number of aromatic nitrogens is 2. The van der Waals surface area contributed by atoms with Gasteiger partial charge in [-0.25, -0.2) is 4.68 Å². The molecule has 37 heavy (non-hydrogen) atoms. The first-order valence-corrected chi connectivity index (χ1v) is 12.7. The Labute approximate surface area is 226 Å². The first-order chi connectivity index (χ1) is 17.7. The zero-order valence-electron chi connectivity index (χ0n) is 20.9. The number of nitrogens with one attached hydrogen (secondary N) is 1. The number of hydrogen-bond acceptors (Lipinski definition) is 3. The number of hydrogen-bond donors (Lipinski definition) is 1. The van der Waals surface area contributed by atoms with Crippen LogP contribution in [0.3, 0.4) is 0 Å². The standard InChI is InChI=1S/C29H28Cl2N4O2/c1-19(2)17-34(29(37)22-11-14-24(30)25(31)15-22)18-28(36)32-27-16-26(21-7-5-4-6-8-21)33-35(27)23-12-9-20(3)10-13-23/h4-16,19H,17-18H2,1-3H3,(H,32,36). The summed E-state index contributed by atoms with van der Waals surface area (Å²) in [6.45, 7) is 6.27. The van der Waals surface area contributed by atoms with Crippen LogP contribution in [-0.2, 0) is 4.79 Å². The highest BCUT2D eigenvalue weighted by Crippen LogP contribution is 2.26. The highest BCUT2D eigenvalue weighted by Gasteiger charge is 2.22. The molecule has 0 aliphatic rings. The molecular weight excluding hydrogens is 507 g/mol. The third-order valence-electron chi connectivity index (χ3n) is 5.70. The quantitative estimate of drug-likeness (QED) is 0.267. The monoisotopic (exact) mass is 534 g/mol. The van der Waals surface area contributed by atoms with Crippen molar-refractivity contribution in [3.63, 3.8) is 0 Å². The van der Waals surface area contributed by atoms with Gasteiger partial charge in [0.2, 0.25) is 5.91 Å². The van der Waals surface area contributed by atoms with E-state index in [1.807, 2.05) is 81.4 Å². The number of benzene rings is 3. The SMILES string of the molecule is Cc1ccc(-n2nc(-c3ccccc3)cc2NC(=O)CN(CC(C)C)C(=O)c2ccc(Cl)c(Cl)c2)cc1. The Morgan fingerprint density at radius 2 is 1.65 bits per heavy atom. The van der Waals surface area contributed by atoms with Crippen molar-refractivity contribution in [3.8, 4) is 16.9 Å². The Kier molecular flexibility index (Phi) is 8.31. The van der Waals surface area contributed by atoms with Crippen LogP contribution in [0.25, 0.3) is 16.9 Å². The average Bonchev–Trinajstić information content (AvgIpc) is 3.29. The Hall–Kier alpha value is -3.61. The molecule has 0 saturated carbocycles. The van der Waals surface area contributed by atoms with Crippen molar-refractivity contribution >= 4 is 40.8 Å². The van der Waals surface area contributed by atoms with Gasteiger partial charge in [-0.2, -0.15) is 5.10 Å². The van der Waals surface area contributed by atoms with E-state index >= 15 is 0 Å². The number of amides is 2. The lowest BCUT2D eigenvalue weighted by molar-refractivity contribution is -0.117. The maximum absolute atomic E-state index is 13.3. The summed E-state index contributed by atoms with van der Waals surface area (Å²) >= 11 is 12.1. The molecule has 1 N–H and O–H groups in total. The molecule has 6 nitrogen and oxygen atoms in total. The number of anilines is 1. The lowest BCUT2D eigenvalue weighted by Crippen LogP contribution is -2.40. The van der Waals surface area contributed by atoms with Gasteiger partial charge in [-0.05, 0) is 43.2 Å². The summed E-state index contributed by atoms with van der Waals surface area (Å²) in [5, 5.41) is 8.38. The minimum atomic E-state index is -0.332. The number of carbonyl (C=O) groups is 2. The summed E-state index contributed by atoms with van der Waals surface area (Å²) in [6.07, 6.45) is 0. The fraction of sp³-hybridized carbons (Fsp3) is 0.207. The smallest absolute Gasteiger partial charge is 0.254 e. The van der Waals surface area contributed by atoms with E-state index in [1.165, 1.54) is 11.0 Å². The molecule has 0 aliphatic carbocycles. The van der Waals surface area contributed by atoms with E-state index in [-0.39, 0.29) is 29.3 Å². The van der Waals surface area contributed by atoms with Crippen LogP contribution >= 0.6 is 23.2 Å². The van der Waals surface area contributed by atoms with Gasteiger partial charge in [-0.3, -0.25) is 9.59 Å². The number of carbonyl (C=O) groups excluding carboxylic acids is 2. The van der Waals surface area contributed by atoms with Crippen molar-refractivity contribution in [2.24, 2.45) is 5.92 Å². The molecule has 0 atom stereocenters. The molecule has 3 aromatic carbocycles. The summed E-state index contributed by atoms with van der Waals surface area (Å²) < 4.78 is 1.70. The van der Waals surface area contributed by atoms with Crippen LogP contribution in [-0.4, -0.2) is 39.6 Å². The van der Waals surface area contributed by atoms with Gasteiger partial charge in [0.05, 0.1) is 21.4 Å². The maximum Gasteiger partial charge on any atom is 0.254 e. The normalized spacial score (nSPS) is 11.0. The van der Waals surface area contributed by atoms with Gasteiger partial charge >= 0.3 is 0 Å². The molecule has 2 amide bonds. The van der Waals surface area contributed by atoms with Crippen molar-refractivity contribution in [2.75, 3.05) is 18.4 Å². The van der Waals surface area contributed by atoms with Gasteiger partial charge in [0.25, 0.3) is 5.91 Å². The van der Waals surface area contributed by atoms with E-state index in [4.69, 9.17) is 28.3 Å². The topological polar surface area (TPSA) is 67.2 Å². The largest absolute Gasteiger partial charge is 0.329 e. The molecule has 4 rings (SSSR count). The Balaban J connectivity index is 1.61. The molecule has 1 aromatic heterocycles. The molecule has 0 saturated heterocycles. The van der Waals surface area contributed by atoms with Crippen LogP contribution in [0.1, 0.15) is 29.8 Å². The fourth-order valence-electron chi connectivity index (χ4n) is 3.93. The second-order valence-corrected chi connectivity index (χ2v) is 10.1. The van der Waals surface area contributed by atoms with Crippen molar-refractivity contribution < 1.29 is 9.59 Å². The van der Waals surface area contributed by atoms with Crippen molar-refractivity contribution in [1.82, 2.24) is 14.7 Å². The van der Waals surface area contributed by atoms with Gasteiger partial charge in [-0.15, -0.1) is 0 Å². The lowest BCUT2D eigenvalue weighted by atomic mass is 10.1. The first kappa shape index (κ1) is 26.5. The number of rotatable bonds is 8. The summed E-state index contributed by atoms with van der Waals surface area (Å²) in [4.78, 5) is 28.0. The highest BCUT2D eigenvalue weighted by molar-refractivity contribution is 6.42. The van der Waals surface area contributed by atoms with Crippen LogP contribution in [0.2, 0.25) is 10.0 Å². The van der Waals surface area contributed by atoms with Crippen LogP contribution < -0.4 is 5.32 Å². The van der Waals surface area contributed by atoms with E-state index in [1.54, 1.807) is 16.8 Å². The molecule has 0 radical (unpaired) electrons. The first-order valence-electron chi connectivity index (χ1n) is 12.0. The molecule has 4 aromatic rings. The molecule has 1 heterocycles. The molecule has 0 fully saturated rings. The maximum atomic E-state index is 13.3. The van der Waals surface area contributed by atoms with E-state index in [0.717, 1.165) is 22.5 Å². The van der Waals surface area contributed by atoms with Crippen LogP contribution in [0.5, 0.6) is 0 Å². The van der Waals surface area contributed by atoms with E-state index in [0.29, 0.717) is 22.9 Å².